The Morgan fingerprint density at radius 1 is 1.02 bits per heavy atom. The van der Waals surface area contributed by atoms with Crippen molar-refractivity contribution in [1.82, 2.24) is 19.8 Å². The van der Waals surface area contributed by atoms with E-state index in [1.807, 2.05) is 17.0 Å². The molecule has 0 aromatic heterocycles. The summed E-state index contributed by atoms with van der Waals surface area (Å²) in [4.78, 5) is 53.8. The van der Waals surface area contributed by atoms with Crippen LogP contribution in [-0.2, 0) is 14.5 Å². The van der Waals surface area contributed by atoms with Crippen molar-refractivity contribution in [3.8, 4) is 0 Å². The first-order chi connectivity index (χ1) is 22.0. The third-order valence-corrected chi connectivity index (χ3v) is 9.30. The van der Waals surface area contributed by atoms with Gasteiger partial charge in [-0.25, -0.2) is 9.86 Å². The molecule has 2 aromatic carbocycles. The van der Waals surface area contributed by atoms with Crippen LogP contribution in [0.4, 0.5) is 4.79 Å². The van der Waals surface area contributed by atoms with Gasteiger partial charge < -0.3 is 25.3 Å². The second-order valence-corrected chi connectivity index (χ2v) is 13.0. The first-order valence-electron chi connectivity index (χ1n) is 14.9. The van der Waals surface area contributed by atoms with Gasteiger partial charge in [0.25, 0.3) is 5.91 Å². The quantitative estimate of drug-likeness (QED) is 0.214. The van der Waals surface area contributed by atoms with Crippen LogP contribution in [0.15, 0.2) is 41.6 Å². The smallest absolute Gasteiger partial charge is 0.344 e. The number of piperidine rings is 1. The van der Waals surface area contributed by atoms with E-state index in [0.717, 1.165) is 44.5 Å². The molecular weight excluding hydrogens is 678 g/mol. The summed E-state index contributed by atoms with van der Waals surface area (Å²) in [5.74, 6) is -1.14. The Morgan fingerprint density at radius 2 is 1.72 bits per heavy atom. The third kappa shape index (κ3) is 9.62. The van der Waals surface area contributed by atoms with E-state index in [2.05, 4.69) is 10.1 Å². The fraction of sp³-hybridized carbons (Fsp3) is 0.484. The largest absolute Gasteiger partial charge is 0.399 e. The van der Waals surface area contributed by atoms with Gasteiger partial charge >= 0.3 is 6.03 Å². The van der Waals surface area contributed by atoms with Crippen molar-refractivity contribution in [2.45, 2.75) is 37.6 Å². The van der Waals surface area contributed by atoms with E-state index in [0.29, 0.717) is 50.9 Å². The number of amides is 4. The first kappa shape index (κ1) is 36.0. The molecule has 4 amide bonds. The molecule has 0 radical (unpaired) electrons. The second kappa shape index (κ2) is 16.9. The van der Waals surface area contributed by atoms with Crippen LogP contribution in [0.5, 0.6) is 0 Å². The third-order valence-electron chi connectivity index (χ3n) is 8.13. The number of benzene rings is 2. The summed E-state index contributed by atoms with van der Waals surface area (Å²) in [5.41, 5.74) is 7.07. The first-order valence-corrected chi connectivity index (χ1v) is 16.5. The number of carbonyl (C=O) groups excluding carboxylic acids is 3. The molecule has 2 N–H and O–H groups in total. The highest BCUT2D eigenvalue weighted by Gasteiger charge is 2.34. The number of urea groups is 1. The van der Waals surface area contributed by atoms with Gasteiger partial charge in [0, 0.05) is 54.3 Å². The van der Waals surface area contributed by atoms with Gasteiger partial charge in [0.1, 0.15) is 7.11 Å². The van der Waals surface area contributed by atoms with Crippen LogP contribution in [-0.4, -0.2) is 109 Å². The molecule has 0 saturated carbocycles. The fourth-order valence-electron chi connectivity index (χ4n) is 5.87. The van der Waals surface area contributed by atoms with Crippen molar-refractivity contribution in [2.24, 2.45) is 10.9 Å². The summed E-state index contributed by atoms with van der Waals surface area (Å²) in [6.45, 7) is 3.22. The highest BCUT2D eigenvalue weighted by Crippen LogP contribution is 2.31. The molecule has 15 heteroatoms. The summed E-state index contributed by atoms with van der Waals surface area (Å²) in [6.07, 6.45) is 3.00. The Balaban J connectivity index is 1.44. The van der Waals surface area contributed by atoms with Gasteiger partial charge in [-0.3, -0.25) is 14.4 Å². The van der Waals surface area contributed by atoms with E-state index in [4.69, 9.17) is 61.8 Å². The van der Waals surface area contributed by atoms with Gasteiger partial charge in [0.15, 0.2) is 6.61 Å². The zero-order chi connectivity index (χ0) is 33.4. The maximum absolute atomic E-state index is 13.3. The number of hydroxylamine groups is 2. The molecule has 0 spiro atoms. The van der Waals surface area contributed by atoms with Crippen molar-refractivity contribution in [1.29, 1.82) is 0 Å². The van der Waals surface area contributed by atoms with Crippen molar-refractivity contribution in [2.75, 3.05) is 60.0 Å². The van der Waals surface area contributed by atoms with E-state index in [1.165, 1.54) is 12.2 Å². The predicted molar refractivity (Wildman–Crippen MR) is 180 cm³/mol. The van der Waals surface area contributed by atoms with E-state index in [-0.39, 0.29) is 37.0 Å². The minimum absolute atomic E-state index is 0.0693. The lowest BCUT2D eigenvalue weighted by Gasteiger charge is -2.42. The van der Waals surface area contributed by atoms with Crippen LogP contribution in [0.25, 0.3) is 0 Å². The Morgan fingerprint density at radius 3 is 2.35 bits per heavy atom. The van der Waals surface area contributed by atoms with Crippen LogP contribution >= 0.6 is 46.4 Å². The molecular formula is C31H38Cl4N6O5. The Bertz CT molecular complexity index is 1420. The average Bonchev–Trinajstić information content (AvgIpc) is 3.01. The number of rotatable bonds is 13. The lowest BCUT2D eigenvalue weighted by molar-refractivity contribution is -0.155. The number of hydrogen-bond donors (Lipinski definition) is 1. The molecule has 4 rings (SSSR count). The van der Waals surface area contributed by atoms with Gasteiger partial charge in [-0.1, -0.05) is 57.6 Å². The number of primary amides is 1. The van der Waals surface area contributed by atoms with Crippen LogP contribution in [0, 0.1) is 0 Å². The Labute approximate surface area is 289 Å². The van der Waals surface area contributed by atoms with Crippen molar-refractivity contribution in [3.05, 3.63) is 67.6 Å². The molecule has 0 bridgehead atoms. The maximum Gasteiger partial charge on any atom is 0.344 e. The number of oxime groups is 1. The van der Waals surface area contributed by atoms with Crippen molar-refractivity contribution >= 4 is 70.0 Å². The van der Waals surface area contributed by atoms with Crippen molar-refractivity contribution in [3.63, 3.8) is 0 Å². The van der Waals surface area contributed by atoms with Gasteiger partial charge in [-0.05, 0) is 68.1 Å². The molecule has 2 aliphatic rings. The van der Waals surface area contributed by atoms with Crippen LogP contribution in [0.1, 0.15) is 47.5 Å². The summed E-state index contributed by atoms with van der Waals surface area (Å²) in [5, 5.41) is 7.19. The molecule has 1 atom stereocenters. The molecule has 2 aliphatic heterocycles. The van der Waals surface area contributed by atoms with Crippen LogP contribution < -0.4 is 5.73 Å². The zero-order valence-electron chi connectivity index (χ0n) is 25.8. The lowest BCUT2D eigenvalue weighted by Crippen LogP contribution is -2.56. The number of hydrogen-bond acceptors (Lipinski definition) is 7. The Hall–Kier alpha value is -2.80. The standard InChI is InChI=1S/C31H38Cl4N6O5/c1-38(30(43)21-14-22(32)17-23(33)15-21)18-28(37-45-2)25(20-4-5-26(34)27(35)16-20)8-13-39-11-6-24(7-12-39)40-9-3-10-41(31(40)44)46-19-29(36)42/h4-5,14-17,24-25H,3,6-13,18-19H2,1-2H3,(H2,36,42)/b37-28+. The minimum Gasteiger partial charge on any atom is -0.399 e. The summed E-state index contributed by atoms with van der Waals surface area (Å²) < 4.78 is 0. The zero-order valence-corrected chi connectivity index (χ0v) is 28.8. The molecule has 2 fully saturated rings. The second-order valence-electron chi connectivity index (χ2n) is 11.3. The predicted octanol–water partition coefficient (Wildman–Crippen LogP) is 5.56. The van der Waals surface area contributed by atoms with Crippen molar-refractivity contribution < 1.29 is 24.1 Å². The number of halogens is 4. The molecule has 11 nitrogen and oxygen atoms in total. The van der Waals surface area contributed by atoms with E-state index in [1.54, 1.807) is 36.2 Å². The SMILES string of the molecule is CO/N=C(\CN(C)C(=O)c1cc(Cl)cc(Cl)c1)C(CCN1CCC(N2CCCN(OCC(N)=O)C2=O)CC1)c1ccc(Cl)c(Cl)c1. The molecule has 250 valence electrons. The number of carbonyl (C=O) groups is 3. The van der Waals surface area contributed by atoms with E-state index >= 15 is 0 Å². The molecule has 0 aliphatic carbocycles. The van der Waals surface area contributed by atoms with E-state index < -0.39 is 5.91 Å². The lowest BCUT2D eigenvalue weighted by atomic mass is 9.89. The summed E-state index contributed by atoms with van der Waals surface area (Å²) >= 11 is 25.0. The van der Waals surface area contributed by atoms with Gasteiger partial charge in [-0.2, -0.15) is 0 Å². The number of nitrogens with zero attached hydrogens (tertiary/aromatic N) is 5. The normalized spacial score (nSPS) is 17.3. The summed E-state index contributed by atoms with van der Waals surface area (Å²) in [7, 11) is 3.15. The maximum atomic E-state index is 13.3. The summed E-state index contributed by atoms with van der Waals surface area (Å²) in [6, 6.07) is 10.0. The minimum atomic E-state index is -0.625. The fourth-order valence-corrected chi connectivity index (χ4v) is 6.71. The molecule has 1 unspecified atom stereocenters. The topological polar surface area (TPSA) is 121 Å². The molecule has 2 aromatic rings. The van der Waals surface area contributed by atoms with Gasteiger partial charge in [0.2, 0.25) is 5.91 Å². The monoisotopic (exact) mass is 714 g/mol. The van der Waals surface area contributed by atoms with Gasteiger partial charge in [0.05, 0.1) is 28.8 Å². The molecule has 46 heavy (non-hydrogen) atoms. The van der Waals surface area contributed by atoms with E-state index in [9.17, 15) is 14.4 Å². The van der Waals surface area contributed by atoms with Crippen LogP contribution in [0.2, 0.25) is 20.1 Å². The number of nitrogens with two attached hydrogens (primary N) is 1. The highest BCUT2D eigenvalue weighted by atomic mass is 35.5. The Kier molecular flexibility index (Phi) is 13.2. The molecule has 2 saturated heterocycles. The average molecular weight is 716 g/mol. The highest BCUT2D eigenvalue weighted by molar-refractivity contribution is 6.42. The van der Waals surface area contributed by atoms with Crippen LogP contribution in [0.3, 0.4) is 0 Å². The van der Waals surface area contributed by atoms with Gasteiger partial charge in [-0.15, -0.1) is 0 Å². The number of likely N-dealkylation sites (tertiary alicyclic amines) is 1. The molecule has 2 heterocycles.